The Labute approximate surface area is 159 Å². The monoisotopic (exact) mass is 419 g/mol. The molecule has 2 aliphatic heterocycles. The van der Waals surface area contributed by atoms with Gasteiger partial charge in [-0.05, 0) is 51.3 Å². The van der Waals surface area contributed by atoms with Crippen LogP contribution in [0, 0.1) is 0 Å². The normalized spacial score (nSPS) is 14.5. The van der Waals surface area contributed by atoms with Gasteiger partial charge in [-0.2, -0.15) is 0 Å². The molecule has 0 fully saturated rings. The molecular weight excluding hydrogens is 402 g/mol. The molecule has 0 aliphatic carbocycles. The maximum Gasteiger partial charge on any atom is 0.231 e. The van der Waals surface area contributed by atoms with Gasteiger partial charge in [0.1, 0.15) is 0 Å². The lowest BCUT2D eigenvalue weighted by Crippen LogP contribution is -2.36. The predicted octanol–water partition coefficient (Wildman–Crippen LogP) is 2.77. The third-order valence-electron chi connectivity index (χ3n) is 4.07. The maximum atomic E-state index is 5.45. The summed E-state index contributed by atoms with van der Waals surface area (Å²) in [5, 5.41) is 6.58. The predicted molar refractivity (Wildman–Crippen MR) is 99.9 cm³/mol. The van der Waals surface area contributed by atoms with Gasteiger partial charge in [-0.1, -0.05) is 6.07 Å². The summed E-state index contributed by atoms with van der Waals surface area (Å²) in [5.74, 6) is 3.76. The first-order valence-electron chi connectivity index (χ1n) is 8.14. The number of rotatable bonds is 4. The summed E-state index contributed by atoms with van der Waals surface area (Å²) in [7, 11) is 1.74. The fourth-order valence-corrected chi connectivity index (χ4v) is 3.37. The van der Waals surface area contributed by atoms with Crippen LogP contribution in [-0.4, -0.2) is 26.6 Å². The van der Waals surface area contributed by atoms with E-state index in [-0.39, 0.29) is 13.6 Å². The lowest BCUT2D eigenvalue weighted by molar-refractivity contribution is 0.173. The number of benzene rings is 2. The van der Waals surface area contributed by atoms with Crippen LogP contribution in [0.4, 0.5) is 0 Å². The van der Waals surface area contributed by atoms with Gasteiger partial charge < -0.3 is 29.6 Å². The Kier molecular flexibility index (Phi) is 4.75. The summed E-state index contributed by atoms with van der Waals surface area (Å²) >= 11 is 3.51. The molecule has 0 unspecified atom stereocenters. The average molecular weight is 420 g/mol. The molecule has 0 atom stereocenters. The number of ether oxygens (including phenoxy) is 4. The van der Waals surface area contributed by atoms with Crippen molar-refractivity contribution in [3.63, 3.8) is 0 Å². The molecule has 26 heavy (non-hydrogen) atoms. The number of aliphatic imine (C=N–C) groups is 1. The Morgan fingerprint density at radius 2 is 1.62 bits per heavy atom. The summed E-state index contributed by atoms with van der Waals surface area (Å²) in [5.41, 5.74) is 2.15. The van der Waals surface area contributed by atoms with Crippen LogP contribution in [0.1, 0.15) is 11.1 Å². The highest BCUT2D eigenvalue weighted by Crippen LogP contribution is 2.40. The van der Waals surface area contributed by atoms with Gasteiger partial charge in [0, 0.05) is 20.1 Å². The van der Waals surface area contributed by atoms with E-state index >= 15 is 0 Å². The first-order valence-corrected chi connectivity index (χ1v) is 8.93. The number of hydrogen-bond acceptors (Lipinski definition) is 5. The first kappa shape index (κ1) is 16.8. The van der Waals surface area contributed by atoms with Crippen LogP contribution < -0.4 is 29.6 Å². The molecule has 0 aromatic heterocycles. The molecule has 0 amide bonds. The van der Waals surface area contributed by atoms with Gasteiger partial charge in [0.05, 0.1) is 4.47 Å². The molecule has 2 heterocycles. The van der Waals surface area contributed by atoms with Gasteiger partial charge in [0.15, 0.2) is 29.0 Å². The summed E-state index contributed by atoms with van der Waals surface area (Å²) in [6, 6.07) is 9.86. The van der Waals surface area contributed by atoms with Crippen LogP contribution in [0.15, 0.2) is 39.8 Å². The van der Waals surface area contributed by atoms with E-state index in [4.69, 9.17) is 18.9 Å². The quantitative estimate of drug-likeness (QED) is 0.586. The number of fused-ring (bicyclic) bond motifs is 2. The zero-order valence-electron chi connectivity index (χ0n) is 14.2. The van der Waals surface area contributed by atoms with Crippen LogP contribution in [0.25, 0.3) is 0 Å². The van der Waals surface area contributed by atoms with Crippen molar-refractivity contribution in [1.29, 1.82) is 0 Å². The largest absolute Gasteiger partial charge is 0.454 e. The molecule has 0 spiro atoms. The molecule has 2 N–H and O–H groups in total. The van der Waals surface area contributed by atoms with Crippen LogP contribution in [0.5, 0.6) is 23.0 Å². The first-order chi connectivity index (χ1) is 12.7. The van der Waals surface area contributed by atoms with Crippen molar-refractivity contribution in [2.24, 2.45) is 4.99 Å². The Balaban J connectivity index is 1.34. The van der Waals surface area contributed by atoms with E-state index in [2.05, 4.69) is 31.6 Å². The topological polar surface area (TPSA) is 73.3 Å². The molecule has 0 saturated carbocycles. The molecule has 0 saturated heterocycles. The van der Waals surface area contributed by atoms with Gasteiger partial charge in [0.25, 0.3) is 0 Å². The Bertz CT molecular complexity index is 857. The highest BCUT2D eigenvalue weighted by atomic mass is 79.9. The highest BCUT2D eigenvalue weighted by Gasteiger charge is 2.18. The number of guanidine groups is 1. The van der Waals surface area contributed by atoms with Crippen molar-refractivity contribution < 1.29 is 18.9 Å². The number of nitrogens with zero attached hydrogens (tertiary/aromatic N) is 1. The van der Waals surface area contributed by atoms with Gasteiger partial charge in [-0.25, -0.2) is 0 Å². The third-order valence-corrected chi connectivity index (χ3v) is 4.66. The molecule has 4 rings (SSSR count). The standard InChI is InChI=1S/C18H18BrN3O4/c1-20-18(21-7-11-2-3-14-15(5-11)24-9-23-14)22-8-12-4-13(19)17-16(6-12)25-10-26-17/h2-6H,7-10H2,1H3,(H2,20,21,22). The number of nitrogens with one attached hydrogen (secondary N) is 2. The van der Waals surface area contributed by atoms with E-state index in [1.54, 1.807) is 7.05 Å². The van der Waals surface area contributed by atoms with E-state index in [1.165, 1.54) is 0 Å². The smallest absolute Gasteiger partial charge is 0.231 e. The molecule has 7 nitrogen and oxygen atoms in total. The highest BCUT2D eigenvalue weighted by molar-refractivity contribution is 9.10. The molecule has 8 heteroatoms. The van der Waals surface area contributed by atoms with Gasteiger partial charge in [-0.15, -0.1) is 0 Å². The number of halogens is 1. The minimum Gasteiger partial charge on any atom is -0.454 e. The fourth-order valence-electron chi connectivity index (χ4n) is 2.77. The van der Waals surface area contributed by atoms with Crippen molar-refractivity contribution in [2.45, 2.75) is 13.1 Å². The van der Waals surface area contributed by atoms with Gasteiger partial charge in [0.2, 0.25) is 13.6 Å². The van der Waals surface area contributed by atoms with E-state index < -0.39 is 0 Å². The van der Waals surface area contributed by atoms with Crippen LogP contribution >= 0.6 is 15.9 Å². The third kappa shape index (κ3) is 3.50. The lowest BCUT2D eigenvalue weighted by Gasteiger charge is -2.13. The Hall–Kier alpha value is -2.61. The summed E-state index contributed by atoms with van der Waals surface area (Å²) in [6.07, 6.45) is 0. The summed E-state index contributed by atoms with van der Waals surface area (Å²) < 4.78 is 22.5. The second-order valence-electron chi connectivity index (χ2n) is 5.78. The summed E-state index contributed by atoms with van der Waals surface area (Å²) in [6.45, 7) is 1.77. The second-order valence-corrected chi connectivity index (χ2v) is 6.63. The Morgan fingerprint density at radius 3 is 2.46 bits per heavy atom. The zero-order chi connectivity index (χ0) is 17.9. The molecular formula is C18H18BrN3O4. The Morgan fingerprint density at radius 1 is 0.923 bits per heavy atom. The van der Waals surface area contributed by atoms with Crippen molar-refractivity contribution in [2.75, 3.05) is 20.6 Å². The van der Waals surface area contributed by atoms with Crippen molar-refractivity contribution >= 4 is 21.9 Å². The maximum absolute atomic E-state index is 5.45. The summed E-state index contributed by atoms with van der Waals surface area (Å²) in [4.78, 5) is 4.26. The molecule has 0 bridgehead atoms. The molecule has 2 aromatic carbocycles. The van der Waals surface area contributed by atoms with Crippen LogP contribution in [0.2, 0.25) is 0 Å². The zero-order valence-corrected chi connectivity index (χ0v) is 15.8. The second kappa shape index (κ2) is 7.33. The minimum absolute atomic E-state index is 0.254. The fraction of sp³-hybridized carbons (Fsp3) is 0.278. The lowest BCUT2D eigenvalue weighted by atomic mass is 10.2. The number of hydrogen-bond donors (Lipinski definition) is 2. The van der Waals surface area contributed by atoms with Crippen LogP contribution in [0.3, 0.4) is 0 Å². The van der Waals surface area contributed by atoms with Crippen molar-refractivity contribution in [1.82, 2.24) is 10.6 Å². The van der Waals surface area contributed by atoms with Gasteiger partial charge in [-0.3, -0.25) is 4.99 Å². The molecule has 2 aromatic rings. The van der Waals surface area contributed by atoms with E-state index in [1.807, 2.05) is 30.3 Å². The molecule has 0 radical (unpaired) electrons. The van der Waals surface area contributed by atoms with E-state index in [0.717, 1.165) is 38.6 Å². The molecule has 136 valence electrons. The minimum atomic E-state index is 0.254. The SMILES string of the molecule is CN=C(NCc1ccc2c(c1)OCO2)NCc1cc(Br)c2c(c1)OCO2. The molecule has 2 aliphatic rings. The average Bonchev–Trinajstić information content (AvgIpc) is 3.30. The van der Waals surface area contributed by atoms with Crippen molar-refractivity contribution in [3.8, 4) is 23.0 Å². The van der Waals surface area contributed by atoms with E-state index in [9.17, 15) is 0 Å². The van der Waals surface area contributed by atoms with Crippen molar-refractivity contribution in [3.05, 3.63) is 45.9 Å². The van der Waals surface area contributed by atoms with Crippen LogP contribution in [-0.2, 0) is 13.1 Å². The van der Waals surface area contributed by atoms with Gasteiger partial charge >= 0.3 is 0 Å². The van der Waals surface area contributed by atoms with E-state index in [0.29, 0.717) is 19.0 Å².